The van der Waals surface area contributed by atoms with Gasteiger partial charge in [-0.1, -0.05) is 0 Å². The van der Waals surface area contributed by atoms with E-state index < -0.39 is 0 Å². The van der Waals surface area contributed by atoms with E-state index in [1.54, 1.807) is 18.6 Å². The van der Waals surface area contributed by atoms with Gasteiger partial charge in [0.05, 0.1) is 17.6 Å². The van der Waals surface area contributed by atoms with Gasteiger partial charge in [-0.3, -0.25) is 4.98 Å². The van der Waals surface area contributed by atoms with E-state index in [4.69, 9.17) is 5.73 Å². The minimum absolute atomic E-state index is 0.672. The number of nitrogens with two attached hydrogens (primary N) is 1. The number of aromatic nitrogens is 2. The summed E-state index contributed by atoms with van der Waals surface area (Å²) in [5.41, 5.74) is 9.65. The third-order valence-electron chi connectivity index (χ3n) is 2.50. The summed E-state index contributed by atoms with van der Waals surface area (Å²) in [6, 6.07) is 3.82. The van der Waals surface area contributed by atoms with Crippen LogP contribution in [0.15, 0.2) is 30.7 Å². The Kier molecular flexibility index (Phi) is 2.72. The number of aryl methyl sites for hydroxylation is 2. The van der Waals surface area contributed by atoms with Crippen molar-refractivity contribution in [2.75, 3.05) is 11.1 Å². The summed E-state index contributed by atoms with van der Waals surface area (Å²) in [7, 11) is 0. The number of nitrogen functional groups attached to an aromatic ring is 1. The van der Waals surface area contributed by atoms with Gasteiger partial charge in [0.15, 0.2) is 5.82 Å². The van der Waals surface area contributed by atoms with Gasteiger partial charge >= 0.3 is 0 Å². The fourth-order valence-electron chi connectivity index (χ4n) is 1.39. The zero-order chi connectivity index (χ0) is 11.5. The standard InChI is InChI=1S/C12H14N4/c1-8-3-5-14-7-10(8)16-12-11(13)9(2)4-6-15-12/h3-7H,13H2,1-2H3,(H,15,16). The second-order valence-electron chi connectivity index (χ2n) is 3.71. The van der Waals surface area contributed by atoms with Crippen LogP contribution in [-0.2, 0) is 0 Å². The predicted octanol–water partition coefficient (Wildman–Crippen LogP) is 2.42. The van der Waals surface area contributed by atoms with Crippen molar-refractivity contribution in [2.24, 2.45) is 0 Å². The number of nitrogens with zero attached hydrogens (tertiary/aromatic N) is 2. The van der Waals surface area contributed by atoms with Gasteiger partial charge in [-0.15, -0.1) is 0 Å². The van der Waals surface area contributed by atoms with Crippen molar-refractivity contribution in [3.63, 3.8) is 0 Å². The monoisotopic (exact) mass is 214 g/mol. The van der Waals surface area contributed by atoms with Gasteiger partial charge in [0, 0.05) is 12.4 Å². The number of anilines is 3. The van der Waals surface area contributed by atoms with E-state index in [-0.39, 0.29) is 0 Å². The molecule has 0 amide bonds. The van der Waals surface area contributed by atoms with Gasteiger partial charge in [-0.2, -0.15) is 0 Å². The molecule has 4 nitrogen and oxygen atoms in total. The van der Waals surface area contributed by atoms with E-state index in [9.17, 15) is 0 Å². The Labute approximate surface area is 94.5 Å². The summed E-state index contributed by atoms with van der Waals surface area (Å²) in [6.45, 7) is 3.97. The Hall–Kier alpha value is -2.10. The topological polar surface area (TPSA) is 63.8 Å². The van der Waals surface area contributed by atoms with Crippen molar-refractivity contribution in [1.29, 1.82) is 0 Å². The highest BCUT2D eigenvalue weighted by molar-refractivity contribution is 5.71. The van der Waals surface area contributed by atoms with Gasteiger partial charge in [0.1, 0.15) is 0 Å². The summed E-state index contributed by atoms with van der Waals surface area (Å²) >= 11 is 0. The Morgan fingerprint density at radius 2 is 1.88 bits per heavy atom. The molecule has 0 radical (unpaired) electrons. The van der Waals surface area contributed by atoms with Gasteiger partial charge < -0.3 is 11.1 Å². The molecular weight excluding hydrogens is 200 g/mol. The van der Waals surface area contributed by atoms with Crippen molar-refractivity contribution in [2.45, 2.75) is 13.8 Å². The van der Waals surface area contributed by atoms with Crippen LogP contribution in [0.25, 0.3) is 0 Å². The van der Waals surface area contributed by atoms with E-state index in [1.807, 2.05) is 26.0 Å². The van der Waals surface area contributed by atoms with Crippen molar-refractivity contribution in [3.8, 4) is 0 Å². The van der Waals surface area contributed by atoms with Crippen LogP contribution >= 0.6 is 0 Å². The normalized spacial score (nSPS) is 10.1. The first-order valence-corrected chi connectivity index (χ1v) is 5.07. The maximum Gasteiger partial charge on any atom is 0.153 e. The molecule has 0 atom stereocenters. The molecule has 2 aromatic rings. The zero-order valence-electron chi connectivity index (χ0n) is 9.36. The molecule has 2 rings (SSSR count). The first-order chi connectivity index (χ1) is 7.68. The van der Waals surface area contributed by atoms with E-state index in [0.29, 0.717) is 11.5 Å². The third-order valence-corrected chi connectivity index (χ3v) is 2.50. The molecule has 0 saturated heterocycles. The summed E-state index contributed by atoms with van der Waals surface area (Å²) in [5, 5.41) is 3.18. The maximum atomic E-state index is 5.94. The molecule has 0 aliphatic heterocycles. The Bertz CT molecular complexity index is 508. The molecule has 3 N–H and O–H groups in total. The second-order valence-corrected chi connectivity index (χ2v) is 3.71. The molecule has 0 aliphatic carbocycles. The average Bonchev–Trinajstić information content (AvgIpc) is 2.28. The second kappa shape index (κ2) is 4.18. The highest BCUT2D eigenvalue weighted by atomic mass is 15.0. The van der Waals surface area contributed by atoms with Gasteiger partial charge in [-0.25, -0.2) is 4.98 Å². The molecule has 0 bridgehead atoms. The fourth-order valence-corrected chi connectivity index (χ4v) is 1.39. The summed E-state index contributed by atoms with van der Waals surface area (Å²) in [6.07, 6.45) is 5.26. The van der Waals surface area contributed by atoms with Crippen LogP contribution in [-0.4, -0.2) is 9.97 Å². The first-order valence-electron chi connectivity index (χ1n) is 5.07. The maximum absolute atomic E-state index is 5.94. The molecule has 0 saturated carbocycles. The molecule has 4 heteroatoms. The van der Waals surface area contributed by atoms with Gasteiger partial charge in [0.2, 0.25) is 0 Å². The number of pyridine rings is 2. The smallest absolute Gasteiger partial charge is 0.153 e. The molecule has 0 unspecified atom stereocenters. The quantitative estimate of drug-likeness (QED) is 0.805. The molecule has 0 fully saturated rings. The molecule has 16 heavy (non-hydrogen) atoms. The van der Waals surface area contributed by atoms with Crippen LogP contribution in [0.2, 0.25) is 0 Å². The van der Waals surface area contributed by atoms with Crippen LogP contribution in [0.3, 0.4) is 0 Å². The minimum atomic E-state index is 0.672. The van der Waals surface area contributed by atoms with E-state index in [0.717, 1.165) is 16.8 Å². The Morgan fingerprint density at radius 3 is 2.62 bits per heavy atom. The highest BCUT2D eigenvalue weighted by Crippen LogP contribution is 2.24. The molecule has 0 spiro atoms. The minimum Gasteiger partial charge on any atom is -0.396 e. The highest BCUT2D eigenvalue weighted by Gasteiger charge is 2.04. The molecule has 0 aliphatic rings. The fraction of sp³-hybridized carbons (Fsp3) is 0.167. The number of hydrogen-bond acceptors (Lipinski definition) is 4. The van der Waals surface area contributed by atoms with Crippen LogP contribution in [0.4, 0.5) is 17.2 Å². The van der Waals surface area contributed by atoms with Crippen molar-refractivity contribution >= 4 is 17.2 Å². The molecule has 0 aromatic carbocycles. The SMILES string of the molecule is Cc1ccncc1Nc1nccc(C)c1N. The number of nitrogens with one attached hydrogen (secondary N) is 1. The van der Waals surface area contributed by atoms with Crippen LogP contribution in [0.5, 0.6) is 0 Å². The lowest BCUT2D eigenvalue weighted by molar-refractivity contribution is 1.24. The van der Waals surface area contributed by atoms with Crippen molar-refractivity contribution < 1.29 is 0 Å². The molecular formula is C12H14N4. The summed E-state index contributed by atoms with van der Waals surface area (Å²) in [5.74, 6) is 0.677. The summed E-state index contributed by atoms with van der Waals surface area (Å²) < 4.78 is 0. The number of hydrogen-bond donors (Lipinski definition) is 2. The van der Waals surface area contributed by atoms with Crippen LogP contribution < -0.4 is 11.1 Å². The molecule has 2 aromatic heterocycles. The lowest BCUT2D eigenvalue weighted by Crippen LogP contribution is -2.02. The van der Waals surface area contributed by atoms with E-state index in [1.165, 1.54) is 0 Å². The van der Waals surface area contributed by atoms with Crippen molar-refractivity contribution in [3.05, 3.63) is 41.9 Å². The molecule has 82 valence electrons. The van der Waals surface area contributed by atoms with Gasteiger partial charge in [-0.05, 0) is 37.1 Å². The summed E-state index contributed by atoms with van der Waals surface area (Å²) in [4.78, 5) is 8.27. The average molecular weight is 214 g/mol. The lowest BCUT2D eigenvalue weighted by Gasteiger charge is -2.11. The molecule has 2 heterocycles. The van der Waals surface area contributed by atoms with Crippen LogP contribution in [0.1, 0.15) is 11.1 Å². The lowest BCUT2D eigenvalue weighted by atomic mass is 10.2. The zero-order valence-corrected chi connectivity index (χ0v) is 9.36. The van der Waals surface area contributed by atoms with E-state index >= 15 is 0 Å². The third kappa shape index (κ3) is 1.95. The Balaban J connectivity index is 2.35. The van der Waals surface area contributed by atoms with Gasteiger partial charge in [0.25, 0.3) is 0 Å². The largest absolute Gasteiger partial charge is 0.396 e. The number of rotatable bonds is 2. The van der Waals surface area contributed by atoms with Crippen molar-refractivity contribution in [1.82, 2.24) is 9.97 Å². The van der Waals surface area contributed by atoms with Crippen LogP contribution in [0, 0.1) is 13.8 Å². The Morgan fingerprint density at radius 1 is 1.12 bits per heavy atom. The van der Waals surface area contributed by atoms with E-state index in [2.05, 4.69) is 15.3 Å². The first kappa shape index (κ1) is 10.4. The predicted molar refractivity (Wildman–Crippen MR) is 65.6 cm³/mol.